The zero-order valence-electron chi connectivity index (χ0n) is 18.4. The van der Waals surface area contributed by atoms with Gasteiger partial charge in [-0.05, 0) is 17.2 Å². The fourth-order valence-corrected chi connectivity index (χ4v) is 6.32. The fraction of sp³-hybridized carbons (Fsp3) is 0.261. The van der Waals surface area contributed by atoms with E-state index in [0.29, 0.717) is 37.4 Å². The van der Waals surface area contributed by atoms with Crippen LogP contribution in [0.2, 0.25) is 0 Å². The Hall–Kier alpha value is -3.15. The Kier molecular flexibility index (Phi) is 5.30. The van der Waals surface area contributed by atoms with Gasteiger partial charge in [-0.25, -0.2) is 21.6 Å². The SMILES string of the molecule is CS(=O)(=O)c1c(N2CCOCC2)oc2c(S(C)(=O)=O)c3oc(=O)cc(-c4ccccc4)c3cc12. The maximum atomic E-state index is 13.0. The van der Waals surface area contributed by atoms with Gasteiger partial charge in [0, 0.05) is 42.4 Å². The highest BCUT2D eigenvalue weighted by molar-refractivity contribution is 7.91. The molecular weight excluding hydrogens is 482 g/mol. The second-order valence-electron chi connectivity index (χ2n) is 8.18. The van der Waals surface area contributed by atoms with Gasteiger partial charge in [0.1, 0.15) is 4.90 Å². The smallest absolute Gasteiger partial charge is 0.336 e. The first kappa shape index (κ1) is 22.6. The van der Waals surface area contributed by atoms with E-state index in [-0.39, 0.29) is 37.6 Å². The molecule has 9 nitrogen and oxygen atoms in total. The highest BCUT2D eigenvalue weighted by Gasteiger charge is 2.33. The largest absolute Gasteiger partial charge is 0.438 e. The summed E-state index contributed by atoms with van der Waals surface area (Å²) in [5.41, 5.74) is -0.00270. The van der Waals surface area contributed by atoms with E-state index in [1.165, 1.54) is 12.1 Å². The Morgan fingerprint density at radius 1 is 0.794 bits per heavy atom. The van der Waals surface area contributed by atoms with Crippen molar-refractivity contribution in [1.29, 1.82) is 0 Å². The summed E-state index contributed by atoms with van der Waals surface area (Å²) in [6, 6.07) is 11.7. The predicted octanol–water partition coefficient (Wildman–Crippen LogP) is 2.85. The topological polar surface area (TPSA) is 124 Å². The van der Waals surface area contributed by atoms with Crippen molar-refractivity contribution in [2.45, 2.75) is 9.79 Å². The van der Waals surface area contributed by atoms with E-state index in [0.717, 1.165) is 12.5 Å². The van der Waals surface area contributed by atoms with Crippen LogP contribution in [0.3, 0.4) is 0 Å². The Morgan fingerprint density at radius 3 is 2.03 bits per heavy atom. The third-order valence-corrected chi connectivity index (χ3v) is 7.96. The quantitative estimate of drug-likeness (QED) is 0.387. The van der Waals surface area contributed by atoms with Crippen molar-refractivity contribution in [2.75, 3.05) is 43.7 Å². The Morgan fingerprint density at radius 2 is 1.41 bits per heavy atom. The molecule has 0 saturated carbocycles. The molecule has 4 aromatic rings. The summed E-state index contributed by atoms with van der Waals surface area (Å²) in [5, 5.41) is 0.404. The normalized spacial score (nSPS) is 15.3. The summed E-state index contributed by atoms with van der Waals surface area (Å²) >= 11 is 0. The molecule has 2 aromatic heterocycles. The highest BCUT2D eigenvalue weighted by atomic mass is 32.2. The summed E-state index contributed by atoms with van der Waals surface area (Å²) in [6.45, 7) is 1.49. The van der Waals surface area contributed by atoms with Crippen molar-refractivity contribution < 1.29 is 30.4 Å². The molecule has 0 radical (unpaired) electrons. The van der Waals surface area contributed by atoms with Crippen molar-refractivity contribution in [3.63, 3.8) is 0 Å². The zero-order valence-corrected chi connectivity index (χ0v) is 20.0. The maximum Gasteiger partial charge on any atom is 0.336 e. The second-order valence-corrected chi connectivity index (χ2v) is 12.1. The molecule has 11 heteroatoms. The van der Waals surface area contributed by atoms with Gasteiger partial charge in [0.05, 0.1) is 13.2 Å². The Balaban J connectivity index is 2.00. The van der Waals surface area contributed by atoms with Crippen LogP contribution in [0, 0.1) is 0 Å². The number of benzene rings is 2. The number of ether oxygens (including phenoxy) is 1. The molecule has 0 spiro atoms. The Bertz CT molecular complexity index is 1700. The van der Waals surface area contributed by atoms with E-state index in [1.807, 2.05) is 6.07 Å². The van der Waals surface area contributed by atoms with Crippen LogP contribution in [0.5, 0.6) is 0 Å². The van der Waals surface area contributed by atoms with Gasteiger partial charge in [-0.3, -0.25) is 0 Å². The molecule has 178 valence electrons. The van der Waals surface area contributed by atoms with Crippen LogP contribution in [-0.4, -0.2) is 55.7 Å². The Labute approximate surface area is 195 Å². The molecule has 34 heavy (non-hydrogen) atoms. The minimum atomic E-state index is -4.02. The molecular formula is C23H21NO8S2. The van der Waals surface area contributed by atoms with E-state index >= 15 is 0 Å². The predicted molar refractivity (Wildman–Crippen MR) is 127 cm³/mol. The first-order chi connectivity index (χ1) is 16.1. The average Bonchev–Trinajstić information content (AvgIpc) is 3.17. The lowest BCUT2D eigenvalue weighted by Crippen LogP contribution is -2.36. The van der Waals surface area contributed by atoms with Crippen LogP contribution in [0.1, 0.15) is 0 Å². The van der Waals surface area contributed by atoms with E-state index in [9.17, 15) is 21.6 Å². The van der Waals surface area contributed by atoms with Crippen molar-refractivity contribution >= 4 is 47.5 Å². The van der Waals surface area contributed by atoms with Gasteiger partial charge in [-0.1, -0.05) is 30.3 Å². The van der Waals surface area contributed by atoms with Gasteiger partial charge >= 0.3 is 5.63 Å². The van der Waals surface area contributed by atoms with E-state index in [4.69, 9.17) is 13.6 Å². The molecule has 1 saturated heterocycles. The maximum absolute atomic E-state index is 13.0. The summed E-state index contributed by atoms with van der Waals surface area (Å²) in [7, 11) is -7.86. The number of furan rings is 1. The van der Waals surface area contributed by atoms with E-state index < -0.39 is 25.3 Å². The molecule has 0 aliphatic carbocycles. The molecule has 2 aromatic carbocycles. The fourth-order valence-electron chi connectivity index (χ4n) is 4.30. The van der Waals surface area contributed by atoms with Gasteiger partial charge in [-0.15, -0.1) is 0 Å². The molecule has 0 unspecified atom stereocenters. The summed E-state index contributed by atoms with van der Waals surface area (Å²) in [4.78, 5) is 13.7. The molecule has 0 atom stereocenters. The minimum absolute atomic E-state index is 0.0459. The number of nitrogens with zero attached hydrogens (tertiary/aromatic N) is 1. The van der Waals surface area contributed by atoms with Crippen LogP contribution >= 0.6 is 0 Å². The molecule has 0 bridgehead atoms. The third kappa shape index (κ3) is 3.79. The number of hydrogen-bond acceptors (Lipinski definition) is 9. The van der Waals surface area contributed by atoms with Crippen LogP contribution in [0.4, 0.5) is 5.88 Å². The van der Waals surface area contributed by atoms with Crippen molar-refractivity contribution in [2.24, 2.45) is 0 Å². The number of sulfone groups is 2. The molecule has 5 rings (SSSR count). The minimum Gasteiger partial charge on any atom is -0.438 e. The molecule has 3 heterocycles. The van der Waals surface area contributed by atoms with E-state index in [2.05, 4.69) is 0 Å². The lowest BCUT2D eigenvalue weighted by Gasteiger charge is -2.27. The van der Waals surface area contributed by atoms with Gasteiger partial charge in [-0.2, -0.15) is 0 Å². The van der Waals surface area contributed by atoms with Gasteiger partial charge in [0.15, 0.2) is 35.7 Å². The molecule has 0 N–H and O–H groups in total. The van der Waals surface area contributed by atoms with E-state index in [1.54, 1.807) is 29.2 Å². The van der Waals surface area contributed by atoms with Crippen LogP contribution in [0.25, 0.3) is 33.1 Å². The molecule has 1 aliphatic rings. The number of fused-ring (bicyclic) bond motifs is 2. The third-order valence-electron chi connectivity index (χ3n) is 5.71. The van der Waals surface area contributed by atoms with Crippen LogP contribution in [0.15, 0.2) is 65.9 Å². The highest BCUT2D eigenvalue weighted by Crippen LogP contribution is 2.44. The second kappa shape index (κ2) is 7.97. The number of morpholine rings is 1. The molecule has 1 aliphatic heterocycles. The lowest BCUT2D eigenvalue weighted by molar-refractivity contribution is 0.120. The van der Waals surface area contributed by atoms with Crippen molar-refractivity contribution in [1.82, 2.24) is 0 Å². The standard InChI is InChI=1S/C23H21NO8S2/c1-33(26,27)21-17-12-16-15(14-6-4-3-5-7-14)13-18(25)31-19(16)22(34(2,28)29)20(17)32-23(21)24-8-10-30-11-9-24/h3-7,12-13H,8-11H2,1-2H3. The van der Waals surface area contributed by atoms with Crippen molar-refractivity contribution in [3.05, 3.63) is 52.9 Å². The van der Waals surface area contributed by atoms with Crippen LogP contribution in [-0.2, 0) is 24.4 Å². The van der Waals surface area contributed by atoms with Gasteiger partial charge < -0.3 is 18.5 Å². The molecule has 1 fully saturated rings. The molecule has 0 amide bonds. The summed E-state index contributed by atoms with van der Waals surface area (Å²) in [6.07, 6.45) is 2.02. The van der Waals surface area contributed by atoms with Crippen molar-refractivity contribution in [3.8, 4) is 11.1 Å². The summed E-state index contributed by atoms with van der Waals surface area (Å²) in [5.74, 6) is 0.0459. The number of rotatable bonds is 4. The summed E-state index contributed by atoms with van der Waals surface area (Å²) < 4.78 is 68.5. The average molecular weight is 504 g/mol. The lowest BCUT2D eigenvalue weighted by atomic mass is 10.0. The number of anilines is 1. The van der Waals surface area contributed by atoms with Crippen LogP contribution < -0.4 is 10.5 Å². The van der Waals surface area contributed by atoms with Gasteiger partial charge in [0.2, 0.25) is 5.88 Å². The number of hydrogen-bond donors (Lipinski definition) is 0. The monoisotopic (exact) mass is 503 g/mol. The van der Waals surface area contributed by atoms with Gasteiger partial charge in [0.25, 0.3) is 0 Å². The first-order valence-corrected chi connectivity index (χ1v) is 14.2. The zero-order chi connectivity index (χ0) is 24.3. The first-order valence-electron chi connectivity index (χ1n) is 10.4.